The van der Waals surface area contributed by atoms with Gasteiger partial charge in [0.25, 0.3) is 0 Å². The Kier molecular flexibility index (Phi) is 9.16. The summed E-state index contributed by atoms with van der Waals surface area (Å²) in [5.41, 5.74) is 2.27. The zero-order valence-electron chi connectivity index (χ0n) is 18.5. The van der Waals surface area contributed by atoms with Crippen LogP contribution in [-0.4, -0.2) is 40.0 Å². The number of aromatic nitrogens is 2. The quantitative estimate of drug-likeness (QED) is 0.484. The van der Waals surface area contributed by atoms with Crippen LogP contribution in [0.15, 0.2) is 54.9 Å². The largest absolute Gasteiger partial charge is 1.00 e. The van der Waals surface area contributed by atoms with Crippen molar-refractivity contribution < 1.29 is 43.1 Å². The van der Waals surface area contributed by atoms with Crippen molar-refractivity contribution in [1.82, 2.24) is 9.97 Å². The molecule has 0 saturated heterocycles. The monoisotopic (exact) mass is 440 g/mol. The summed E-state index contributed by atoms with van der Waals surface area (Å²) in [5.74, 6) is -1.08. The summed E-state index contributed by atoms with van der Waals surface area (Å²) >= 11 is 0. The minimum absolute atomic E-state index is 0. The number of carbonyl (C=O) groups is 3. The first kappa shape index (κ1) is 25.6. The van der Waals surface area contributed by atoms with Crippen LogP contribution in [0.25, 0.3) is 5.32 Å². The molecule has 2 aromatic carbocycles. The van der Waals surface area contributed by atoms with E-state index in [2.05, 4.69) is 20.6 Å². The maximum Gasteiger partial charge on any atom is 1.00 e. The Labute approximate surface area is 202 Å². The van der Waals surface area contributed by atoms with Gasteiger partial charge in [-0.05, 0) is 36.2 Å². The number of methoxy groups -OCH3 is 1. The van der Waals surface area contributed by atoms with E-state index in [1.807, 2.05) is 12.1 Å². The summed E-state index contributed by atoms with van der Waals surface area (Å²) in [6.45, 7) is 1.83. The van der Waals surface area contributed by atoms with Crippen molar-refractivity contribution in [3.8, 4) is 5.75 Å². The van der Waals surface area contributed by atoms with Gasteiger partial charge in [-0.25, -0.2) is 14.8 Å². The maximum absolute atomic E-state index is 12.4. The second kappa shape index (κ2) is 11.8. The van der Waals surface area contributed by atoms with E-state index in [4.69, 9.17) is 9.84 Å². The number of anilines is 1. The van der Waals surface area contributed by atoms with Gasteiger partial charge in [-0.3, -0.25) is 4.79 Å². The summed E-state index contributed by atoms with van der Waals surface area (Å²) in [5, 5.41) is 15.7. The molecule has 0 saturated carbocycles. The van der Waals surface area contributed by atoms with E-state index < -0.39 is 11.9 Å². The zero-order chi connectivity index (χ0) is 23.1. The fourth-order valence-corrected chi connectivity index (χ4v) is 3.01. The molecule has 0 aliphatic rings. The molecule has 0 fully saturated rings. The van der Waals surface area contributed by atoms with E-state index in [1.54, 1.807) is 38.3 Å². The second-order valence-corrected chi connectivity index (χ2v) is 6.94. The number of ether oxygens (including phenoxy) is 1. The predicted molar refractivity (Wildman–Crippen MR) is 117 cm³/mol. The number of nitrogens with zero attached hydrogens (tertiary/aromatic N) is 3. The molecule has 1 aromatic heterocycles. The maximum atomic E-state index is 12.4. The molecule has 0 aliphatic heterocycles. The van der Waals surface area contributed by atoms with Crippen LogP contribution in [0.4, 0.5) is 5.82 Å². The molecule has 0 unspecified atom stereocenters. The molecule has 0 aliphatic carbocycles. The number of hydrogen-bond acceptors (Lipinski definition) is 6. The Balaban J connectivity index is 0.00000385. The van der Waals surface area contributed by atoms with Gasteiger partial charge in [0.1, 0.15) is 23.8 Å². The molecule has 10 heteroatoms. The molecule has 3 aromatic rings. The SMILES string of the molecule is COc1cccc(C[N-]C(=O)c2cc(NC(=O)Cc3ccc(C(=O)O)c(C)c3)ncn2)c1.[Li+]. The zero-order valence-corrected chi connectivity index (χ0v) is 18.5. The molecule has 164 valence electrons. The van der Waals surface area contributed by atoms with E-state index in [0.29, 0.717) is 16.9 Å². The van der Waals surface area contributed by atoms with E-state index in [1.165, 1.54) is 18.5 Å². The van der Waals surface area contributed by atoms with Crippen LogP contribution >= 0.6 is 0 Å². The predicted octanol–water partition coefficient (Wildman–Crippen LogP) is 0.391. The molecule has 1 heterocycles. The number of nitrogens with one attached hydrogen (secondary N) is 1. The normalized spacial score (nSPS) is 10.0. The number of rotatable bonds is 8. The number of carboxylic acid groups (broad SMARTS) is 1. The third-order valence-electron chi connectivity index (χ3n) is 4.58. The number of hydrogen-bond donors (Lipinski definition) is 2. The fraction of sp³-hybridized carbons (Fsp3) is 0.174. The van der Waals surface area contributed by atoms with Gasteiger partial charge in [0.15, 0.2) is 0 Å². The van der Waals surface area contributed by atoms with Crippen molar-refractivity contribution in [1.29, 1.82) is 0 Å². The minimum Gasteiger partial charge on any atom is -0.644 e. The summed E-state index contributed by atoms with van der Waals surface area (Å²) in [4.78, 5) is 43.7. The molecule has 2 amide bonds. The average Bonchev–Trinajstić information content (AvgIpc) is 2.77. The van der Waals surface area contributed by atoms with Gasteiger partial charge in [-0.1, -0.05) is 29.8 Å². The number of benzene rings is 2. The summed E-state index contributed by atoms with van der Waals surface area (Å²) in [6.07, 6.45) is 1.20. The number of aryl methyl sites for hydroxylation is 1. The molecule has 2 N–H and O–H groups in total. The average molecular weight is 440 g/mol. The van der Waals surface area contributed by atoms with Crippen molar-refractivity contribution >= 4 is 23.6 Å². The summed E-state index contributed by atoms with van der Waals surface area (Å²) < 4.78 is 5.15. The van der Waals surface area contributed by atoms with Gasteiger partial charge in [0.05, 0.1) is 24.8 Å². The van der Waals surface area contributed by atoms with Gasteiger partial charge >= 0.3 is 24.8 Å². The first-order valence-corrected chi connectivity index (χ1v) is 9.65. The molecule has 33 heavy (non-hydrogen) atoms. The van der Waals surface area contributed by atoms with Gasteiger partial charge in [-0.2, -0.15) is 0 Å². The summed E-state index contributed by atoms with van der Waals surface area (Å²) in [7, 11) is 1.56. The van der Waals surface area contributed by atoms with E-state index in [0.717, 1.165) is 5.56 Å². The Morgan fingerprint density at radius 2 is 1.85 bits per heavy atom. The van der Waals surface area contributed by atoms with Crippen LogP contribution in [-0.2, 0) is 17.8 Å². The number of amides is 2. The van der Waals surface area contributed by atoms with Gasteiger partial charge in [0, 0.05) is 6.07 Å². The third-order valence-corrected chi connectivity index (χ3v) is 4.58. The van der Waals surface area contributed by atoms with Gasteiger partial charge in [0.2, 0.25) is 5.91 Å². The summed E-state index contributed by atoms with van der Waals surface area (Å²) in [6, 6.07) is 13.3. The standard InChI is InChI=1S/C23H22N4O5.Li/c1-14-8-15(6-7-18(14)23(30)31)10-21(28)27-20-11-19(25-13-26-20)22(29)24-12-16-4-3-5-17(9-16)32-2;/h3-9,11,13H,10,12H2,1-2H3,(H3,24,25,26,27,28,29,30,31);/q;+1/p-1. The first-order chi connectivity index (χ1) is 15.4. The molecular formula is C23H21LiN4O5. The van der Waals surface area contributed by atoms with Crippen molar-refractivity contribution in [3.63, 3.8) is 0 Å². The topological polar surface area (TPSA) is 133 Å². The first-order valence-electron chi connectivity index (χ1n) is 9.65. The molecular weight excluding hydrogens is 419 g/mol. The fourth-order valence-electron chi connectivity index (χ4n) is 3.01. The van der Waals surface area contributed by atoms with Gasteiger partial charge < -0.3 is 25.3 Å². The third kappa shape index (κ3) is 7.17. The van der Waals surface area contributed by atoms with Crippen LogP contribution in [0, 0.1) is 6.92 Å². The van der Waals surface area contributed by atoms with Crippen molar-refractivity contribution in [2.45, 2.75) is 19.9 Å². The molecule has 3 rings (SSSR count). The van der Waals surface area contributed by atoms with E-state index in [9.17, 15) is 14.4 Å². The van der Waals surface area contributed by atoms with Crippen LogP contribution in [0.2, 0.25) is 0 Å². The number of carboxylic acids is 1. The van der Waals surface area contributed by atoms with Crippen molar-refractivity contribution in [2.24, 2.45) is 0 Å². The Bertz CT molecular complexity index is 1170. The van der Waals surface area contributed by atoms with Crippen LogP contribution in [0.5, 0.6) is 5.75 Å². The van der Waals surface area contributed by atoms with Crippen LogP contribution in [0.3, 0.4) is 0 Å². The number of carbonyl (C=O) groups excluding carboxylic acids is 2. The second-order valence-electron chi connectivity index (χ2n) is 6.94. The Morgan fingerprint density at radius 3 is 2.55 bits per heavy atom. The molecule has 0 spiro atoms. The van der Waals surface area contributed by atoms with Crippen molar-refractivity contribution in [2.75, 3.05) is 12.4 Å². The van der Waals surface area contributed by atoms with E-state index in [-0.39, 0.29) is 54.8 Å². The molecule has 0 atom stereocenters. The Morgan fingerprint density at radius 1 is 1.06 bits per heavy atom. The molecule has 0 bridgehead atoms. The molecule has 0 radical (unpaired) electrons. The number of aromatic carboxylic acids is 1. The smallest absolute Gasteiger partial charge is 0.644 e. The minimum atomic E-state index is -1.02. The van der Waals surface area contributed by atoms with Crippen molar-refractivity contribution in [3.05, 3.63) is 88.1 Å². The van der Waals surface area contributed by atoms with Gasteiger partial charge in [-0.15, -0.1) is 6.54 Å². The van der Waals surface area contributed by atoms with E-state index >= 15 is 0 Å². The molecule has 9 nitrogen and oxygen atoms in total. The van der Waals surface area contributed by atoms with Crippen LogP contribution < -0.4 is 28.9 Å². The van der Waals surface area contributed by atoms with Crippen LogP contribution in [0.1, 0.15) is 37.5 Å². The Hall–Kier alpha value is -3.67.